The van der Waals surface area contributed by atoms with E-state index in [4.69, 9.17) is 0 Å². The summed E-state index contributed by atoms with van der Waals surface area (Å²) in [4.78, 5) is 11.7. The molecule has 1 amide bonds. The van der Waals surface area contributed by atoms with Crippen LogP contribution in [0.15, 0.2) is 29.2 Å². The Morgan fingerprint density at radius 1 is 1.26 bits per heavy atom. The van der Waals surface area contributed by atoms with Gasteiger partial charge in [-0.1, -0.05) is 0 Å². The van der Waals surface area contributed by atoms with Crippen LogP contribution in [0.4, 0.5) is 5.69 Å². The van der Waals surface area contributed by atoms with Crippen LogP contribution in [0.5, 0.6) is 0 Å². The second kappa shape index (κ2) is 6.53. The summed E-state index contributed by atoms with van der Waals surface area (Å²) in [5.74, 6) is -0.102. The largest absolute Gasteiger partial charge is 0.374 e. The van der Waals surface area contributed by atoms with Crippen molar-refractivity contribution in [3.63, 3.8) is 0 Å². The van der Waals surface area contributed by atoms with Crippen molar-refractivity contribution < 1.29 is 13.2 Å². The lowest BCUT2D eigenvalue weighted by Crippen LogP contribution is -2.37. The van der Waals surface area contributed by atoms with Crippen LogP contribution >= 0.6 is 0 Å². The molecule has 0 heterocycles. The zero-order valence-corrected chi connectivity index (χ0v) is 12.0. The Bertz CT molecular complexity index is 526. The Balaban J connectivity index is 2.75. The number of sulfonamides is 1. The quantitative estimate of drug-likeness (QED) is 0.711. The number of nitrogens with one attached hydrogen (secondary N) is 3. The molecule has 1 rings (SSSR count). The molecular weight excluding hydrogens is 266 g/mol. The molecule has 0 fully saturated rings. The Morgan fingerprint density at radius 3 is 2.32 bits per heavy atom. The van der Waals surface area contributed by atoms with Gasteiger partial charge in [-0.05, 0) is 45.2 Å². The molecule has 3 N–H and O–H groups in total. The normalized spacial score (nSPS) is 12.8. The number of hydrogen-bond acceptors (Lipinski definition) is 4. The van der Waals surface area contributed by atoms with Crippen LogP contribution in [0, 0.1) is 0 Å². The summed E-state index contributed by atoms with van der Waals surface area (Å²) in [5.41, 5.74) is 0.689. The van der Waals surface area contributed by atoms with Gasteiger partial charge in [-0.2, -0.15) is 0 Å². The van der Waals surface area contributed by atoms with E-state index in [1.807, 2.05) is 6.92 Å². The minimum absolute atomic E-state index is 0.102. The van der Waals surface area contributed by atoms with Crippen LogP contribution in [0.2, 0.25) is 0 Å². The molecule has 1 aromatic rings. The molecular formula is C12H19N3O3S. The van der Waals surface area contributed by atoms with Crippen molar-refractivity contribution >= 4 is 21.6 Å². The zero-order chi connectivity index (χ0) is 14.5. The highest BCUT2D eigenvalue weighted by molar-refractivity contribution is 7.89. The Morgan fingerprint density at radius 2 is 1.84 bits per heavy atom. The molecule has 1 aromatic carbocycles. The lowest BCUT2D eigenvalue weighted by atomic mass is 10.2. The summed E-state index contributed by atoms with van der Waals surface area (Å²) >= 11 is 0. The minimum Gasteiger partial charge on any atom is -0.374 e. The molecule has 0 saturated carbocycles. The van der Waals surface area contributed by atoms with Gasteiger partial charge in [0, 0.05) is 12.2 Å². The first kappa shape index (κ1) is 15.5. The van der Waals surface area contributed by atoms with Gasteiger partial charge in [0.2, 0.25) is 15.9 Å². The predicted octanol–water partition coefficient (Wildman–Crippen LogP) is 0.531. The van der Waals surface area contributed by atoms with Gasteiger partial charge in [-0.3, -0.25) is 4.79 Å². The molecule has 19 heavy (non-hydrogen) atoms. The topological polar surface area (TPSA) is 87.3 Å². The van der Waals surface area contributed by atoms with Crippen LogP contribution in [-0.2, 0) is 14.8 Å². The number of anilines is 1. The summed E-state index contributed by atoms with van der Waals surface area (Å²) in [6.45, 7) is 4.16. The summed E-state index contributed by atoms with van der Waals surface area (Å²) in [6.07, 6.45) is 0. The number of hydrogen-bond donors (Lipinski definition) is 3. The number of carbonyl (C=O) groups excluding carboxylic acids is 1. The van der Waals surface area contributed by atoms with E-state index in [1.54, 1.807) is 19.1 Å². The Hall–Kier alpha value is -1.60. The smallest absolute Gasteiger partial charge is 0.242 e. The van der Waals surface area contributed by atoms with E-state index in [0.29, 0.717) is 12.2 Å². The lowest BCUT2D eigenvalue weighted by Gasteiger charge is -2.14. The monoisotopic (exact) mass is 285 g/mol. The molecule has 0 aliphatic carbocycles. The van der Waals surface area contributed by atoms with E-state index in [-0.39, 0.29) is 16.8 Å². The summed E-state index contributed by atoms with van der Waals surface area (Å²) in [6, 6.07) is 5.84. The molecule has 0 bridgehead atoms. The third kappa shape index (κ3) is 4.22. The molecule has 0 spiro atoms. The molecule has 1 atom stereocenters. The highest BCUT2D eigenvalue weighted by atomic mass is 32.2. The highest BCUT2D eigenvalue weighted by Gasteiger charge is 2.13. The van der Waals surface area contributed by atoms with Crippen LogP contribution < -0.4 is 15.4 Å². The number of amides is 1. The highest BCUT2D eigenvalue weighted by Crippen LogP contribution is 2.14. The molecule has 0 saturated heterocycles. The van der Waals surface area contributed by atoms with Crippen molar-refractivity contribution in [2.24, 2.45) is 0 Å². The van der Waals surface area contributed by atoms with Crippen molar-refractivity contribution in [1.82, 2.24) is 10.0 Å². The van der Waals surface area contributed by atoms with Gasteiger partial charge >= 0.3 is 0 Å². The summed E-state index contributed by atoms with van der Waals surface area (Å²) < 4.78 is 25.3. The molecule has 7 heteroatoms. The summed E-state index contributed by atoms with van der Waals surface area (Å²) in [5, 5.41) is 5.70. The molecule has 6 nitrogen and oxygen atoms in total. The van der Waals surface area contributed by atoms with Gasteiger partial charge in [0.1, 0.15) is 6.04 Å². The van der Waals surface area contributed by atoms with E-state index in [2.05, 4.69) is 15.4 Å². The summed E-state index contributed by atoms with van der Waals surface area (Å²) in [7, 11) is -2.07. The van der Waals surface area contributed by atoms with Crippen molar-refractivity contribution in [2.75, 3.05) is 18.9 Å². The van der Waals surface area contributed by atoms with Gasteiger partial charge in [-0.25, -0.2) is 13.1 Å². The fraction of sp³-hybridized carbons (Fsp3) is 0.417. The van der Waals surface area contributed by atoms with Gasteiger partial charge < -0.3 is 10.6 Å². The average Bonchev–Trinajstić information content (AvgIpc) is 2.39. The predicted molar refractivity (Wildman–Crippen MR) is 74.5 cm³/mol. The van der Waals surface area contributed by atoms with Crippen molar-refractivity contribution in [3.05, 3.63) is 24.3 Å². The Labute approximate surface area is 113 Å². The zero-order valence-electron chi connectivity index (χ0n) is 11.2. The molecule has 0 aromatic heterocycles. The fourth-order valence-electron chi connectivity index (χ4n) is 1.49. The molecule has 1 unspecified atom stereocenters. The maximum absolute atomic E-state index is 11.5. The standard InChI is InChI=1S/C12H19N3O3S/c1-4-14-12(16)9(2)15-10-5-7-11(8-6-10)19(17,18)13-3/h5-9,13,15H,4H2,1-3H3,(H,14,16). The Kier molecular flexibility index (Phi) is 5.31. The lowest BCUT2D eigenvalue weighted by molar-refractivity contribution is -0.121. The maximum Gasteiger partial charge on any atom is 0.242 e. The van der Waals surface area contributed by atoms with Crippen molar-refractivity contribution in [2.45, 2.75) is 24.8 Å². The maximum atomic E-state index is 11.5. The van der Waals surface area contributed by atoms with Crippen LogP contribution in [0.25, 0.3) is 0 Å². The molecule has 0 aliphatic heterocycles. The first-order chi connectivity index (χ1) is 8.90. The van der Waals surface area contributed by atoms with Crippen LogP contribution in [0.3, 0.4) is 0 Å². The number of benzene rings is 1. The second-order valence-corrected chi connectivity index (χ2v) is 5.88. The van der Waals surface area contributed by atoms with Crippen molar-refractivity contribution in [1.29, 1.82) is 0 Å². The van der Waals surface area contributed by atoms with Crippen LogP contribution in [0.1, 0.15) is 13.8 Å². The third-order valence-electron chi connectivity index (χ3n) is 2.56. The first-order valence-corrected chi connectivity index (χ1v) is 7.47. The second-order valence-electron chi connectivity index (χ2n) is 3.99. The van der Waals surface area contributed by atoms with Crippen LogP contribution in [-0.4, -0.2) is 34.0 Å². The van der Waals surface area contributed by atoms with Gasteiger partial charge in [0.25, 0.3) is 0 Å². The minimum atomic E-state index is -3.43. The van der Waals surface area contributed by atoms with E-state index in [1.165, 1.54) is 19.2 Å². The van der Waals surface area contributed by atoms with Gasteiger partial charge in [-0.15, -0.1) is 0 Å². The number of carbonyl (C=O) groups is 1. The van der Waals surface area contributed by atoms with E-state index in [0.717, 1.165) is 0 Å². The number of rotatable bonds is 6. The number of likely N-dealkylation sites (N-methyl/N-ethyl adjacent to an activating group) is 1. The van der Waals surface area contributed by atoms with Gasteiger partial charge in [0.15, 0.2) is 0 Å². The average molecular weight is 285 g/mol. The van der Waals surface area contributed by atoms with E-state index < -0.39 is 10.0 Å². The SMILES string of the molecule is CCNC(=O)C(C)Nc1ccc(S(=O)(=O)NC)cc1. The van der Waals surface area contributed by atoms with Crippen molar-refractivity contribution in [3.8, 4) is 0 Å². The van der Waals surface area contributed by atoms with Gasteiger partial charge in [0.05, 0.1) is 4.90 Å². The molecule has 106 valence electrons. The van der Waals surface area contributed by atoms with E-state index in [9.17, 15) is 13.2 Å². The fourth-order valence-corrected chi connectivity index (χ4v) is 2.22. The first-order valence-electron chi connectivity index (χ1n) is 5.98. The third-order valence-corrected chi connectivity index (χ3v) is 3.99. The molecule has 0 aliphatic rings. The molecule has 0 radical (unpaired) electrons. The van der Waals surface area contributed by atoms with E-state index >= 15 is 0 Å².